The molecule has 0 bridgehead atoms. The molecule has 3 nitrogen and oxygen atoms in total. The number of carbonyl (C=O) groups excluding carboxylic acids is 2. The maximum absolute atomic E-state index is 10.6. The minimum absolute atomic E-state index is 0.00810. The zero-order valence-corrected chi connectivity index (χ0v) is 6.39. The highest BCUT2D eigenvalue weighted by atomic mass is 35.5. The van der Waals surface area contributed by atoms with Crippen molar-refractivity contribution in [1.82, 2.24) is 4.90 Å². The van der Waals surface area contributed by atoms with Gasteiger partial charge in [0.15, 0.2) is 5.78 Å². The van der Waals surface area contributed by atoms with E-state index < -0.39 is 5.37 Å². The lowest BCUT2D eigenvalue weighted by atomic mass is 10.4. The van der Waals surface area contributed by atoms with Crippen LogP contribution in [0.3, 0.4) is 0 Å². The Morgan fingerprint density at radius 1 is 1.70 bits per heavy atom. The minimum Gasteiger partial charge on any atom is -0.325 e. The van der Waals surface area contributed by atoms with Crippen molar-refractivity contribution < 1.29 is 9.59 Å². The normalized spacial score (nSPS) is 8.60. The fourth-order valence-corrected chi connectivity index (χ4v) is 0.420. The van der Waals surface area contributed by atoms with Crippen molar-refractivity contribution >= 4 is 22.8 Å². The van der Waals surface area contributed by atoms with Crippen molar-refractivity contribution in [1.29, 1.82) is 0 Å². The second kappa shape index (κ2) is 4.06. The summed E-state index contributed by atoms with van der Waals surface area (Å²) >= 11 is 5.03. The standard InChI is InChI=1S/C6H8ClNO2/c1-3-5(9)4-8(2)6(7)10/h3H,1,4H2,2H3. The first kappa shape index (κ1) is 9.17. The SMILES string of the molecule is C=CC(=O)CN(C)C(=O)Cl. The molecule has 0 saturated carbocycles. The summed E-state index contributed by atoms with van der Waals surface area (Å²) in [5.41, 5.74) is 0. The van der Waals surface area contributed by atoms with E-state index in [1.165, 1.54) is 7.05 Å². The van der Waals surface area contributed by atoms with E-state index in [0.29, 0.717) is 0 Å². The predicted octanol–water partition coefficient (Wildman–Crippen LogP) is 1.03. The molecule has 0 aliphatic carbocycles. The van der Waals surface area contributed by atoms with Crippen LogP contribution in [0.25, 0.3) is 0 Å². The monoisotopic (exact) mass is 161 g/mol. The molecule has 1 amide bonds. The van der Waals surface area contributed by atoms with E-state index in [1.807, 2.05) is 0 Å². The maximum Gasteiger partial charge on any atom is 0.316 e. The fourth-order valence-electron chi connectivity index (χ4n) is 0.360. The van der Waals surface area contributed by atoms with E-state index in [2.05, 4.69) is 6.58 Å². The second-order valence-electron chi connectivity index (χ2n) is 1.78. The van der Waals surface area contributed by atoms with Gasteiger partial charge in [0, 0.05) is 7.05 Å². The van der Waals surface area contributed by atoms with E-state index in [9.17, 15) is 9.59 Å². The molecular weight excluding hydrogens is 154 g/mol. The van der Waals surface area contributed by atoms with Gasteiger partial charge in [0.05, 0.1) is 6.54 Å². The minimum atomic E-state index is -0.643. The third kappa shape index (κ3) is 3.25. The van der Waals surface area contributed by atoms with Gasteiger partial charge in [0.2, 0.25) is 0 Å². The number of rotatable bonds is 3. The van der Waals surface area contributed by atoms with Crippen LogP contribution in [0.15, 0.2) is 12.7 Å². The number of hydrogen-bond acceptors (Lipinski definition) is 2. The van der Waals surface area contributed by atoms with E-state index in [-0.39, 0.29) is 12.3 Å². The summed E-state index contributed by atoms with van der Waals surface area (Å²) < 4.78 is 0. The second-order valence-corrected chi connectivity index (χ2v) is 2.10. The van der Waals surface area contributed by atoms with E-state index in [1.54, 1.807) is 0 Å². The van der Waals surface area contributed by atoms with Gasteiger partial charge < -0.3 is 4.90 Å². The number of carbonyl (C=O) groups is 2. The topological polar surface area (TPSA) is 37.4 Å². The maximum atomic E-state index is 10.6. The van der Waals surface area contributed by atoms with Crippen LogP contribution in [0.5, 0.6) is 0 Å². The first-order valence-electron chi connectivity index (χ1n) is 2.63. The number of likely N-dealkylation sites (N-methyl/N-ethyl adjacent to an activating group) is 1. The van der Waals surface area contributed by atoms with Crippen LogP contribution in [0.2, 0.25) is 0 Å². The van der Waals surface area contributed by atoms with E-state index in [0.717, 1.165) is 11.0 Å². The Morgan fingerprint density at radius 2 is 2.20 bits per heavy atom. The van der Waals surface area contributed by atoms with Crippen molar-refractivity contribution in [2.75, 3.05) is 13.6 Å². The average Bonchev–Trinajstić information content (AvgIpc) is 1.87. The van der Waals surface area contributed by atoms with Gasteiger partial charge in [0.1, 0.15) is 0 Å². The summed E-state index contributed by atoms with van der Waals surface area (Å²) in [6.07, 6.45) is 1.15. The number of amides is 1. The van der Waals surface area contributed by atoms with Crippen molar-refractivity contribution in [3.8, 4) is 0 Å². The third-order valence-electron chi connectivity index (χ3n) is 0.921. The highest BCUT2D eigenvalue weighted by Crippen LogP contribution is 1.91. The molecule has 0 N–H and O–H groups in total. The van der Waals surface area contributed by atoms with Crippen LogP contribution in [-0.4, -0.2) is 29.6 Å². The molecule has 0 aliphatic heterocycles. The van der Waals surface area contributed by atoms with Gasteiger partial charge in [-0.15, -0.1) is 0 Å². The molecule has 0 rings (SSSR count). The number of nitrogens with zero attached hydrogens (tertiary/aromatic N) is 1. The Hall–Kier alpha value is -0.830. The Labute approximate surface area is 64.3 Å². The van der Waals surface area contributed by atoms with Crippen LogP contribution in [0.4, 0.5) is 4.79 Å². The largest absolute Gasteiger partial charge is 0.325 e. The van der Waals surface area contributed by atoms with Crippen LogP contribution < -0.4 is 0 Å². The molecule has 0 saturated heterocycles. The smallest absolute Gasteiger partial charge is 0.316 e. The molecule has 0 radical (unpaired) electrons. The van der Waals surface area contributed by atoms with Gasteiger partial charge in [-0.3, -0.25) is 9.59 Å². The molecule has 0 atom stereocenters. The zero-order chi connectivity index (χ0) is 8.15. The molecular formula is C6H8ClNO2. The Kier molecular flexibility index (Phi) is 3.72. The molecule has 10 heavy (non-hydrogen) atoms. The first-order valence-corrected chi connectivity index (χ1v) is 3.01. The van der Waals surface area contributed by atoms with Gasteiger partial charge in [-0.25, -0.2) is 0 Å². The highest BCUT2D eigenvalue weighted by Gasteiger charge is 2.06. The molecule has 0 aliphatic rings. The molecule has 4 heteroatoms. The molecule has 0 aromatic rings. The zero-order valence-electron chi connectivity index (χ0n) is 5.63. The summed E-state index contributed by atoms with van der Waals surface area (Å²) in [7, 11) is 1.44. The van der Waals surface area contributed by atoms with Crippen LogP contribution in [0.1, 0.15) is 0 Å². The molecule has 0 aromatic heterocycles. The van der Waals surface area contributed by atoms with Crippen LogP contribution in [-0.2, 0) is 4.79 Å². The predicted molar refractivity (Wildman–Crippen MR) is 39.1 cm³/mol. The fraction of sp³-hybridized carbons (Fsp3) is 0.333. The van der Waals surface area contributed by atoms with Gasteiger partial charge >= 0.3 is 5.37 Å². The molecule has 0 aromatic carbocycles. The van der Waals surface area contributed by atoms with Crippen molar-refractivity contribution in [3.05, 3.63) is 12.7 Å². The number of ketones is 1. The molecule has 0 unspecified atom stereocenters. The van der Waals surface area contributed by atoms with Crippen LogP contribution >= 0.6 is 11.6 Å². The number of hydrogen-bond donors (Lipinski definition) is 0. The van der Waals surface area contributed by atoms with Crippen molar-refractivity contribution in [2.24, 2.45) is 0 Å². The van der Waals surface area contributed by atoms with Gasteiger partial charge in [-0.05, 0) is 17.7 Å². The lowest BCUT2D eigenvalue weighted by molar-refractivity contribution is -0.114. The van der Waals surface area contributed by atoms with Gasteiger partial charge in [0.25, 0.3) is 0 Å². The summed E-state index contributed by atoms with van der Waals surface area (Å²) in [6, 6.07) is 0. The molecule has 0 fully saturated rings. The highest BCUT2D eigenvalue weighted by molar-refractivity contribution is 6.62. The third-order valence-corrected chi connectivity index (χ3v) is 1.21. The quantitative estimate of drug-likeness (QED) is 0.352. The molecule has 56 valence electrons. The van der Waals surface area contributed by atoms with E-state index >= 15 is 0 Å². The van der Waals surface area contributed by atoms with E-state index in [4.69, 9.17) is 11.6 Å². The summed E-state index contributed by atoms with van der Waals surface area (Å²) in [5, 5.41) is -0.643. The van der Waals surface area contributed by atoms with Crippen molar-refractivity contribution in [2.45, 2.75) is 0 Å². The van der Waals surface area contributed by atoms with Gasteiger partial charge in [-0.1, -0.05) is 6.58 Å². The molecule has 0 spiro atoms. The summed E-state index contributed by atoms with van der Waals surface area (Å²) in [5.74, 6) is -0.225. The van der Waals surface area contributed by atoms with Crippen molar-refractivity contribution in [3.63, 3.8) is 0 Å². The van der Waals surface area contributed by atoms with Gasteiger partial charge in [-0.2, -0.15) is 0 Å². The Balaban J connectivity index is 3.79. The molecule has 0 heterocycles. The first-order chi connectivity index (χ1) is 4.57. The summed E-state index contributed by atoms with van der Waals surface area (Å²) in [4.78, 5) is 22.0. The lowest BCUT2D eigenvalue weighted by Crippen LogP contribution is -2.26. The Bertz CT molecular complexity index is 167. The van der Waals surface area contributed by atoms with Crippen LogP contribution in [0, 0.1) is 0 Å². The average molecular weight is 162 g/mol. The summed E-state index contributed by atoms with van der Waals surface area (Å²) in [6.45, 7) is 3.23. The lowest BCUT2D eigenvalue weighted by Gasteiger charge is -2.09. The Morgan fingerprint density at radius 3 is 2.50 bits per heavy atom. The number of halogens is 1.